The zero-order valence-electron chi connectivity index (χ0n) is 17.5. The molecule has 1 amide bonds. The van der Waals surface area contributed by atoms with E-state index in [1.165, 1.54) is 15.5 Å². The van der Waals surface area contributed by atoms with E-state index >= 15 is 0 Å². The third kappa shape index (κ3) is 5.13. The number of anilines is 1. The van der Waals surface area contributed by atoms with Gasteiger partial charge in [-0.25, -0.2) is 0 Å². The first kappa shape index (κ1) is 22.1. The third-order valence-corrected chi connectivity index (χ3v) is 7.12. The molecule has 0 radical (unpaired) electrons. The molecule has 0 bridgehead atoms. The van der Waals surface area contributed by atoms with Gasteiger partial charge in [0.2, 0.25) is 5.91 Å². The lowest BCUT2D eigenvalue weighted by molar-refractivity contribution is -0.116. The molecule has 1 fully saturated rings. The smallest absolute Gasteiger partial charge is 0.282 e. The van der Waals surface area contributed by atoms with Crippen molar-refractivity contribution < 1.29 is 18.0 Å². The van der Waals surface area contributed by atoms with E-state index in [0.29, 0.717) is 30.8 Å². The first-order chi connectivity index (χ1) is 14.2. The summed E-state index contributed by atoms with van der Waals surface area (Å²) in [5.41, 5.74) is 4.03. The van der Waals surface area contributed by atoms with Crippen molar-refractivity contribution >= 4 is 27.6 Å². The van der Waals surface area contributed by atoms with Gasteiger partial charge in [-0.2, -0.15) is 17.0 Å². The Kier molecular flexibility index (Phi) is 6.70. The lowest BCUT2D eigenvalue weighted by atomic mass is 10.1. The van der Waals surface area contributed by atoms with E-state index < -0.39 is 16.1 Å². The van der Waals surface area contributed by atoms with Crippen LogP contribution in [-0.4, -0.2) is 48.4 Å². The first-order valence-corrected chi connectivity index (χ1v) is 11.3. The molecule has 8 heteroatoms. The van der Waals surface area contributed by atoms with E-state index in [1.807, 2.05) is 32.0 Å². The number of hydrogen-bond acceptors (Lipinski definition) is 4. The predicted octanol–water partition coefficient (Wildman–Crippen LogP) is 2.90. The lowest BCUT2D eigenvalue weighted by Crippen LogP contribution is -2.51. The monoisotopic (exact) mass is 429 g/mol. The maximum atomic E-state index is 13.1. The molecule has 0 saturated carbocycles. The summed E-state index contributed by atoms with van der Waals surface area (Å²) in [4.78, 5) is 24.0. The molecule has 0 aliphatic carbocycles. The van der Waals surface area contributed by atoms with Crippen molar-refractivity contribution in [1.82, 2.24) is 8.61 Å². The summed E-state index contributed by atoms with van der Waals surface area (Å²) >= 11 is 0. The van der Waals surface area contributed by atoms with E-state index in [1.54, 1.807) is 24.3 Å². The second-order valence-electron chi connectivity index (χ2n) is 7.64. The highest BCUT2D eigenvalue weighted by Gasteiger charge is 2.34. The topological polar surface area (TPSA) is 86.8 Å². The number of Topliss-reactive ketones (excluding diaryl/α,β-unsaturated/α-hetero) is 1. The van der Waals surface area contributed by atoms with Gasteiger partial charge in [0.05, 0.1) is 6.54 Å². The van der Waals surface area contributed by atoms with Crippen LogP contribution in [-0.2, 0) is 21.5 Å². The standard InChI is InChI=1S/C22H27N3O4S/c1-16-8-9-17(2)20(12-16)14-24-10-5-11-25(30(24,28)29)15-22(27)23-21-7-4-6-19(13-21)18(3)26/h4,6-9,12-13H,5,10-11,14-15H2,1-3H3,(H,23,27). The third-order valence-electron chi connectivity index (χ3n) is 5.19. The van der Waals surface area contributed by atoms with Crippen molar-refractivity contribution in [1.29, 1.82) is 0 Å². The van der Waals surface area contributed by atoms with Crippen LogP contribution in [0.25, 0.3) is 0 Å². The van der Waals surface area contributed by atoms with E-state index in [4.69, 9.17) is 0 Å². The molecule has 3 rings (SSSR count). The zero-order valence-corrected chi connectivity index (χ0v) is 18.3. The van der Waals surface area contributed by atoms with Crippen LogP contribution < -0.4 is 5.32 Å². The number of nitrogens with zero attached hydrogens (tertiary/aromatic N) is 2. The molecule has 160 valence electrons. The number of carbonyl (C=O) groups is 2. The second kappa shape index (κ2) is 9.07. The van der Waals surface area contributed by atoms with Crippen molar-refractivity contribution in [2.24, 2.45) is 0 Å². The van der Waals surface area contributed by atoms with Gasteiger partial charge >= 0.3 is 0 Å². The molecule has 7 nitrogen and oxygen atoms in total. The molecule has 1 aliphatic heterocycles. The Labute approximate surface area is 177 Å². The first-order valence-electron chi connectivity index (χ1n) is 9.89. The van der Waals surface area contributed by atoms with Crippen molar-refractivity contribution in [3.8, 4) is 0 Å². The maximum Gasteiger partial charge on any atom is 0.282 e. The SMILES string of the molecule is CC(=O)c1cccc(NC(=O)CN2CCCN(Cc3cc(C)ccc3C)S2(=O)=O)c1. The van der Waals surface area contributed by atoms with Crippen LogP contribution >= 0.6 is 0 Å². The summed E-state index contributed by atoms with van der Waals surface area (Å²) in [5.74, 6) is -0.542. The number of ketones is 1. The van der Waals surface area contributed by atoms with Gasteiger partial charge in [-0.05, 0) is 50.5 Å². The fourth-order valence-corrected chi connectivity index (χ4v) is 5.10. The Morgan fingerprint density at radius 2 is 1.77 bits per heavy atom. The molecule has 0 atom stereocenters. The van der Waals surface area contributed by atoms with E-state index in [2.05, 4.69) is 5.32 Å². The molecule has 30 heavy (non-hydrogen) atoms. The van der Waals surface area contributed by atoms with Crippen molar-refractivity contribution in [3.63, 3.8) is 0 Å². The Morgan fingerprint density at radius 1 is 1.03 bits per heavy atom. The van der Waals surface area contributed by atoms with E-state index in [-0.39, 0.29) is 18.9 Å². The van der Waals surface area contributed by atoms with Crippen LogP contribution in [0.1, 0.15) is 40.4 Å². The molecule has 1 saturated heterocycles. The van der Waals surface area contributed by atoms with E-state index in [0.717, 1.165) is 16.7 Å². The summed E-state index contributed by atoms with van der Waals surface area (Å²) in [6.45, 7) is 6.13. The molecule has 2 aromatic carbocycles. The summed E-state index contributed by atoms with van der Waals surface area (Å²) in [7, 11) is -3.75. The number of aryl methyl sites for hydroxylation is 2. The molecular weight excluding hydrogens is 402 g/mol. The highest BCUT2D eigenvalue weighted by atomic mass is 32.2. The van der Waals surface area contributed by atoms with Crippen LogP contribution in [0.5, 0.6) is 0 Å². The fourth-order valence-electron chi connectivity index (χ4n) is 3.48. The molecule has 1 heterocycles. The molecular formula is C22H27N3O4S. The maximum absolute atomic E-state index is 13.1. The highest BCUT2D eigenvalue weighted by molar-refractivity contribution is 7.86. The van der Waals surface area contributed by atoms with Crippen LogP contribution in [0.2, 0.25) is 0 Å². The minimum atomic E-state index is -3.75. The summed E-state index contributed by atoms with van der Waals surface area (Å²) < 4.78 is 28.8. The lowest BCUT2D eigenvalue weighted by Gasteiger charge is -2.34. The molecule has 2 aromatic rings. The van der Waals surface area contributed by atoms with Gasteiger partial charge in [0, 0.05) is 30.9 Å². The Hall–Kier alpha value is -2.55. The molecule has 1 aliphatic rings. The van der Waals surface area contributed by atoms with Gasteiger partial charge in [0.1, 0.15) is 0 Å². The molecule has 0 spiro atoms. The minimum Gasteiger partial charge on any atom is -0.325 e. The average Bonchev–Trinajstić information content (AvgIpc) is 2.68. The summed E-state index contributed by atoms with van der Waals surface area (Å²) in [5, 5.41) is 2.69. The quantitative estimate of drug-likeness (QED) is 0.716. The van der Waals surface area contributed by atoms with Gasteiger partial charge < -0.3 is 5.32 Å². The second-order valence-corrected chi connectivity index (χ2v) is 9.57. The van der Waals surface area contributed by atoms with Gasteiger partial charge in [-0.1, -0.05) is 35.9 Å². The highest BCUT2D eigenvalue weighted by Crippen LogP contribution is 2.22. The van der Waals surface area contributed by atoms with Gasteiger partial charge in [-0.15, -0.1) is 0 Å². The average molecular weight is 430 g/mol. The van der Waals surface area contributed by atoms with Gasteiger partial charge in [0.15, 0.2) is 5.78 Å². The number of nitrogens with one attached hydrogen (secondary N) is 1. The van der Waals surface area contributed by atoms with Crippen LogP contribution in [0.4, 0.5) is 5.69 Å². The van der Waals surface area contributed by atoms with Crippen LogP contribution in [0.3, 0.4) is 0 Å². The number of rotatable bonds is 6. The molecule has 0 unspecified atom stereocenters. The zero-order chi connectivity index (χ0) is 21.9. The van der Waals surface area contributed by atoms with Crippen LogP contribution in [0, 0.1) is 13.8 Å². The Bertz CT molecular complexity index is 1070. The Morgan fingerprint density at radius 3 is 2.50 bits per heavy atom. The number of amides is 1. The van der Waals surface area contributed by atoms with Gasteiger partial charge in [-0.3, -0.25) is 9.59 Å². The summed E-state index contributed by atoms with van der Waals surface area (Å²) in [6, 6.07) is 12.6. The fraction of sp³-hybridized carbons (Fsp3) is 0.364. The van der Waals surface area contributed by atoms with Gasteiger partial charge in [0.25, 0.3) is 10.2 Å². The number of carbonyl (C=O) groups excluding carboxylic acids is 2. The normalized spacial score (nSPS) is 16.9. The largest absolute Gasteiger partial charge is 0.325 e. The van der Waals surface area contributed by atoms with Crippen LogP contribution in [0.15, 0.2) is 42.5 Å². The minimum absolute atomic E-state index is 0.105. The number of benzene rings is 2. The molecule has 1 N–H and O–H groups in total. The van der Waals surface area contributed by atoms with Crippen molar-refractivity contribution in [2.45, 2.75) is 33.7 Å². The molecule has 0 aromatic heterocycles. The predicted molar refractivity (Wildman–Crippen MR) is 117 cm³/mol. The summed E-state index contributed by atoms with van der Waals surface area (Å²) in [6.07, 6.45) is 0.650. The number of hydrogen-bond donors (Lipinski definition) is 1. The van der Waals surface area contributed by atoms with Crippen molar-refractivity contribution in [2.75, 3.05) is 25.0 Å². The Balaban J connectivity index is 1.70. The van der Waals surface area contributed by atoms with Crippen molar-refractivity contribution in [3.05, 3.63) is 64.7 Å². The van der Waals surface area contributed by atoms with E-state index in [9.17, 15) is 18.0 Å².